The molecule has 1 atom stereocenters. The Morgan fingerprint density at radius 3 is 2.93 bits per heavy atom. The molecule has 0 fully saturated rings. The van der Waals surface area contributed by atoms with Crippen LogP contribution in [0.5, 0.6) is 17.2 Å². The van der Waals surface area contributed by atoms with Crippen molar-refractivity contribution in [2.24, 2.45) is 0 Å². The molecule has 3 aliphatic rings. The van der Waals surface area contributed by atoms with E-state index in [0.29, 0.717) is 0 Å². The molecule has 15 heavy (non-hydrogen) atoms. The van der Waals surface area contributed by atoms with Gasteiger partial charge in [0.15, 0.2) is 17.6 Å². The molecule has 2 aliphatic heterocycles. The highest BCUT2D eigenvalue weighted by Gasteiger charge is 2.47. The maximum absolute atomic E-state index is 5.77. The third-order valence-corrected chi connectivity index (χ3v) is 3.44. The van der Waals surface area contributed by atoms with E-state index in [9.17, 15) is 0 Å². The molecule has 2 aromatic carbocycles. The molecular weight excluding hydrogens is 188 g/mol. The zero-order valence-corrected chi connectivity index (χ0v) is 7.78. The lowest BCUT2D eigenvalue weighted by Gasteiger charge is -2.26. The summed E-state index contributed by atoms with van der Waals surface area (Å²) in [5.74, 6) is 2.92. The summed E-state index contributed by atoms with van der Waals surface area (Å²) in [5, 5.41) is 0. The monoisotopic (exact) mass is 194 g/mol. The lowest BCUT2D eigenvalue weighted by atomic mass is 10.0. The molecule has 70 valence electrons. The molecule has 0 N–H and O–H groups in total. The molecule has 5 rings (SSSR count). The minimum absolute atomic E-state index is 0.167. The number of hydrogen-bond donors (Lipinski definition) is 0. The Balaban J connectivity index is 1.98. The standard InChI is InChI=1S/C13H6O2/c1-2-4-7-6(3-1)8-5-9-12(14-9)13-10(8)11(7)15-13/h1-5,11H. The van der Waals surface area contributed by atoms with E-state index in [1.54, 1.807) is 0 Å². The van der Waals surface area contributed by atoms with E-state index in [2.05, 4.69) is 30.3 Å². The molecule has 0 amide bonds. The zero-order chi connectivity index (χ0) is 9.57. The summed E-state index contributed by atoms with van der Waals surface area (Å²) in [4.78, 5) is 0. The third kappa shape index (κ3) is 0.548. The van der Waals surface area contributed by atoms with Crippen molar-refractivity contribution in [3.63, 3.8) is 0 Å². The highest BCUT2D eigenvalue weighted by atomic mass is 16.6. The molecule has 0 saturated heterocycles. The van der Waals surface area contributed by atoms with Crippen molar-refractivity contribution < 1.29 is 9.47 Å². The number of hydrogen-bond acceptors (Lipinski definition) is 2. The van der Waals surface area contributed by atoms with E-state index in [1.165, 1.54) is 22.3 Å². The Kier molecular flexibility index (Phi) is 0.755. The molecule has 0 saturated carbocycles. The summed E-state index contributed by atoms with van der Waals surface area (Å²) < 4.78 is 11.1. The summed E-state index contributed by atoms with van der Waals surface area (Å²) in [5.41, 5.74) is 5.22. The molecular formula is C13H6O2. The SMILES string of the molecule is c1ccc2c(c1)-c1cc3c(c4c1C2O4)O3. The molecule has 0 spiro atoms. The first-order valence-corrected chi connectivity index (χ1v) is 5.08. The predicted octanol–water partition coefficient (Wildman–Crippen LogP) is 3.25. The second-order valence-electron chi connectivity index (χ2n) is 4.18. The Hall–Kier alpha value is -1.96. The van der Waals surface area contributed by atoms with Gasteiger partial charge in [0.1, 0.15) is 0 Å². The molecule has 1 aliphatic carbocycles. The maximum Gasteiger partial charge on any atom is 0.212 e. The van der Waals surface area contributed by atoms with Gasteiger partial charge in [-0.1, -0.05) is 24.3 Å². The molecule has 0 aromatic heterocycles. The van der Waals surface area contributed by atoms with Crippen molar-refractivity contribution in [2.75, 3.05) is 0 Å². The van der Waals surface area contributed by atoms with Crippen molar-refractivity contribution in [1.82, 2.24) is 0 Å². The molecule has 2 heterocycles. The summed E-state index contributed by atoms with van der Waals surface area (Å²) >= 11 is 0. The Morgan fingerprint density at radius 2 is 1.93 bits per heavy atom. The van der Waals surface area contributed by atoms with Gasteiger partial charge < -0.3 is 9.47 Å². The normalized spacial score (nSPS) is 20.4. The second kappa shape index (κ2) is 1.74. The van der Waals surface area contributed by atoms with Crippen LogP contribution < -0.4 is 9.47 Å². The first kappa shape index (κ1) is 6.51. The van der Waals surface area contributed by atoms with E-state index < -0.39 is 0 Å². The third-order valence-electron chi connectivity index (χ3n) is 3.44. The summed E-state index contributed by atoms with van der Waals surface area (Å²) in [7, 11) is 0. The van der Waals surface area contributed by atoms with Gasteiger partial charge in [-0.15, -0.1) is 0 Å². The van der Waals surface area contributed by atoms with E-state index in [4.69, 9.17) is 9.47 Å². The van der Waals surface area contributed by atoms with Crippen molar-refractivity contribution in [2.45, 2.75) is 6.10 Å². The summed E-state index contributed by atoms with van der Waals surface area (Å²) in [6.07, 6.45) is 0.167. The van der Waals surface area contributed by atoms with Crippen LogP contribution in [-0.4, -0.2) is 0 Å². The highest BCUT2D eigenvalue weighted by Crippen LogP contribution is 2.67. The van der Waals surface area contributed by atoms with E-state index in [0.717, 1.165) is 17.2 Å². The van der Waals surface area contributed by atoms with Crippen LogP contribution in [0.2, 0.25) is 0 Å². The van der Waals surface area contributed by atoms with E-state index in [1.807, 2.05) is 0 Å². The fourth-order valence-electron chi connectivity index (χ4n) is 2.70. The Morgan fingerprint density at radius 1 is 1.00 bits per heavy atom. The number of ether oxygens (including phenoxy) is 2. The van der Waals surface area contributed by atoms with E-state index >= 15 is 0 Å². The van der Waals surface area contributed by atoms with Crippen molar-refractivity contribution in [1.29, 1.82) is 0 Å². The van der Waals surface area contributed by atoms with Crippen molar-refractivity contribution in [3.05, 3.63) is 41.5 Å². The van der Waals surface area contributed by atoms with Crippen LogP contribution in [0, 0.1) is 0 Å². The van der Waals surface area contributed by atoms with Gasteiger partial charge in [-0.25, -0.2) is 0 Å². The van der Waals surface area contributed by atoms with E-state index in [-0.39, 0.29) is 6.10 Å². The Bertz CT molecular complexity index is 643. The van der Waals surface area contributed by atoms with Gasteiger partial charge in [0, 0.05) is 5.56 Å². The van der Waals surface area contributed by atoms with Crippen LogP contribution in [-0.2, 0) is 0 Å². The van der Waals surface area contributed by atoms with Crippen LogP contribution in [0.25, 0.3) is 11.1 Å². The minimum Gasteiger partial charge on any atom is -0.476 e. The van der Waals surface area contributed by atoms with Crippen molar-refractivity contribution >= 4 is 0 Å². The van der Waals surface area contributed by atoms with Gasteiger partial charge in [-0.05, 0) is 17.2 Å². The zero-order valence-electron chi connectivity index (χ0n) is 7.78. The van der Waals surface area contributed by atoms with Crippen LogP contribution in [0.3, 0.4) is 0 Å². The molecule has 0 bridgehead atoms. The lowest BCUT2D eigenvalue weighted by Crippen LogP contribution is -2.16. The molecule has 2 aromatic rings. The first-order chi connectivity index (χ1) is 7.43. The summed E-state index contributed by atoms with van der Waals surface area (Å²) in [6, 6.07) is 10.6. The summed E-state index contributed by atoms with van der Waals surface area (Å²) in [6.45, 7) is 0. The fraction of sp³-hybridized carbons (Fsp3) is 0.0769. The molecule has 1 unspecified atom stereocenters. The Labute approximate surface area is 86.1 Å². The fourth-order valence-corrected chi connectivity index (χ4v) is 2.70. The maximum atomic E-state index is 5.77. The number of rotatable bonds is 0. The minimum atomic E-state index is 0.167. The smallest absolute Gasteiger partial charge is 0.212 e. The van der Waals surface area contributed by atoms with Gasteiger partial charge in [0.25, 0.3) is 0 Å². The number of fused-ring (bicyclic) bond motifs is 5. The van der Waals surface area contributed by atoms with Crippen LogP contribution in [0.1, 0.15) is 17.2 Å². The van der Waals surface area contributed by atoms with Crippen LogP contribution >= 0.6 is 0 Å². The van der Waals surface area contributed by atoms with Gasteiger partial charge >= 0.3 is 0 Å². The highest BCUT2D eigenvalue weighted by molar-refractivity contribution is 5.89. The average Bonchev–Trinajstić information content (AvgIpc) is 2.90. The molecule has 2 heteroatoms. The quantitative estimate of drug-likeness (QED) is 0.512. The van der Waals surface area contributed by atoms with Gasteiger partial charge in [0.05, 0.1) is 5.56 Å². The van der Waals surface area contributed by atoms with Crippen LogP contribution in [0.15, 0.2) is 30.3 Å². The van der Waals surface area contributed by atoms with Gasteiger partial charge in [0.2, 0.25) is 5.75 Å². The first-order valence-electron chi connectivity index (χ1n) is 5.08. The van der Waals surface area contributed by atoms with Gasteiger partial charge in [-0.2, -0.15) is 0 Å². The predicted molar refractivity (Wildman–Crippen MR) is 54.4 cm³/mol. The second-order valence-corrected chi connectivity index (χ2v) is 4.18. The largest absolute Gasteiger partial charge is 0.476 e. The van der Waals surface area contributed by atoms with Gasteiger partial charge in [-0.3, -0.25) is 0 Å². The van der Waals surface area contributed by atoms with Crippen molar-refractivity contribution in [3.8, 4) is 28.4 Å². The van der Waals surface area contributed by atoms with Crippen LogP contribution in [0.4, 0.5) is 0 Å². The molecule has 0 radical (unpaired) electrons. The molecule has 2 nitrogen and oxygen atoms in total. The lowest BCUT2D eigenvalue weighted by molar-refractivity contribution is 0.190. The topological polar surface area (TPSA) is 21.8 Å². The number of benzene rings is 2. The average molecular weight is 194 g/mol.